The molecule has 1 rings (SSSR count). The fraction of sp³-hybridized carbons (Fsp3) is 0.375. The second-order valence-corrected chi connectivity index (χ2v) is 3.13. The fourth-order valence-corrected chi connectivity index (χ4v) is 1.47. The molecule has 2 nitrogen and oxygen atoms in total. The number of hydrogen-bond donors (Lipinski definition) is 1. The van der Waals surface area contributed by atoms with Crippen molar-refractivity contribution < 1.29 is 0 Å². The van der Waals surface area contributed by atoms with Gasteiger partial charge in [0.2, 0.25) is 0 Å². The van der Waals surface area contributed by atoms with Gasteiger partial charge in [0.15, 0.2) is 0 Å². The Labute approximate surface area is 70.7 Å². The molecule has 0 fully saturated rings. The predicted molar refractivity (Wildman–Crippen MR) is 47.4 cm³/mol. The van der Waals surface area contributed by atoms with E-state index in [0.717, 1.165) is 17.2 Å². The van der Waals surface area contributed by atoms with E-state index in [9.17, 15) is 0 Å². The summed E-state index contributed by atoms with van der Waals surface area (Å²) in [6.45, 7) is 3.38. The lowest BCUT2D eigenvalue weighted by Crippen LogP contribution is -2.12. The lowest BCUT2D eigenvalue weighted by atomic mass is 10.5. The van der Waals surface area contributed by atoms with Gasteiger partial charge in [0.1, 0.15) is 5.01 Å². The Bertz CT molecular complexity index is 259. The van der Waals surface area contributed by atoms with E-state index in [-0.39, 0.29) is 0 Å². The Balaban J connectivity index is 2.34. The summed E-state index contributed by atoms with van der Waals surface area (Å²) in [4.78, 5) is 4.27. The Hall–Kier alpha value is -0.850. The molecule has 0 aliphatic heterocycles. The minimum absolute atomic E-state index is 0.610. The topological polar surface area (TPSA) is 24.9 Å². The molecular formula is C8H10N2S. The van der Waals surface area contributed by atoms with Crippen LogP contribution in [0.15, 0.2) is 5.38 Å². The molecule has 0 spiro atoms. The van der Waals surface area contributed by atoms with E-state index < -0.39 is 0 Å². The van der Waals surface area contributed by atoms with Crippen molar-refractivity contribution in [1.82, 2.24) is 10.3 Å². The minimum Gasteiger partial charge on any atom is -0.300 e. The molecule has 0 aromatic carbocycles. The van der Waals surface area contributed by atoms with E-state index in [1.165, 1.54) is 0 Å². The van der Waals surface area contributed by atoms with Crippen molar-refractivity contribution in [3.63, 3.8) is 0 Å². The Morgan fingerprint density at radius 3 is 3.18 bits per heavy atom. The van der Waals surface area contributed by atoms with Crippen LogP contribution in [-0.4, -0.2) is 11.5 Å². The molecule has 0 aliphatic carbocycles. The van der Waals surface area contributed by atoms with Crippen molar-refractivity contribution in [2.24, 2.45) is 0 Å². The SMILES string of the molecule is C#CCNCc1nc(C)cs1. The zero-order chi connectivity index (χ0) is 8.10. The van der Waals surface area contributed by atoms with Crippen LogP contribution in [0.2, 0.25) is 0 Å². The maximum absolute atomic E-state index is 5.07. The van der Waals surface area contributed by atoms with Gasteiger partial charge in [0.25, 0.3) is 0 Å². The van der Waals surface area contributed by atoms with E-state index in [2.05, 4.69) is 16.2 Å². The van der Waals surface area contributed by atoms with Crippen LogP contribution in [0.3, 0.4) is 0 Å². The standard InChI is InChI=1S/C8H10N2S/c1-3-4-9-5-8-10-7(2)6-11-8/h1,6,9H,4-5H2,2H3. The van der Waals surface area contributed by atoms with E-state index in [1.807, 2.05) is 12.3 Å². The van der Waals surface area contributed by atoms with Gasteiger partial charge in [-0.2, -0.15) is 0 Å². The van der Waals surface area contributed by atoms with Crippen molar-refractivity contribution in [2.45, 2.75) is 13.5 Å². The Morgan fingerprint density at radius 2 is 2.64 bits per heavy atom. The summed E-state index contributed by atoms with van der Waals surface area (Å²) in [5.41, 5.74) is 1.08. The van der Waals surface area contributed by atoms with E-state index in [0.29, 0.717) is 6.54 Å². The van der Waals surface area contributed by atoms with Gasteiger partial charge in [0.05, 0.1) is 6.54 Å². The summed E-state index contributed by atoms with van der Waals surface area (Å²) < 4.78 is 0. The summed E-state index contributed by atoms with van der Waals surface area (Å²) in [6, 6.07) is 0. The summed E-state index contributed by atoms with van der Waals surface area (Å²) in [5.74, 6) is 2.51. The highest BCUT2D eigenvalue weighted by molar-refractivity contribution is 7.09. The molecular weight excluding hydrogens is 156 g/mol. The van der Waals surface area contributed by atoms with Crippen LogP contribution in [0.1, 0.15) is 10.7 Å². The highest BCUT2D eigenvalue weighted by atomic mass is 32.1. The molecule has 0 aliphatic rings. The van der Waals surface area contributed by atoms with E-state index >= 15 is 0 Å². The molecule has 3 heteroatoms. The average molecular weight is 166 g/mol. The molecule has 0 saturated carbocycles. The lowest BCUT2D eigenvalue weighted by Gasteiger charge is -1.93. The van der Waals surface area contributed by atoms with Crippen molar-refractivity contribution in [3.8, 4) is 12.3 Å². The number of aryl methyl sites for hydroxylation is 1. The average Bonchev–Trinajstić information content (AvgIpc) is 2.37. The van der Waals surface area contributed by atoms with Crippen LogP contribution < -0.4 is 5.32 Å². The van der Waals surface area contributed by atoms with Gasteiger partial charge in [-0.05, 0) is 6.92 Å². The van der Waals surface area contributed by atoms with Crippen LogP contribution in [-0.2, 0) is 6.54 Å². The van der Waals surface area contributed by atoms with Gasteiger partial charge in [-0.25, -0.2) is 4.98 Å². The number of thiazole rings is 1. The first-order chi connectivity index (χ1) is 5.33. The molecule has 0 unspecified atom stereocenters. The van der Waals surface area contributed by atoms with Gasteiger partial charge in [-0.1, -0.05) is 5.92 Å². The molecule has 0 amide bonds. The number of aromatic nitrogens is 1. The number of hydrogen-bond acceptors (Lipinski definition) is 3. The van der Waals surface area contributed by atoms with Crippen molar-refractivity contribution in [1.29, 1.82) is 0 Å². The smallest absolute Gasteiger partial charge is 0.107 e. The summed E-state index contributed by atoms with van der Waals surface area (Å²) in [6.07, 6.45) is 5.07. The maximum atomic E-state index is 5.07. The maximum Gasteiger partial charge on any atom is 0.107 e. The lowest BCUT2D eigenvalue weighted by molar-refractivity contribution is 0.762. The quantitative estimate of drug-likeness (QED) is 0.538. The predicted octanol–water partition coefficient (Wildman–Crippen LogP) is 1.17. The molecule has 11 heavy (non-hydrogen) atoms. The normalized spacial score (nSPS) is 9.45. The third-order valence-electron chi connectivity index (χ3n) is 1.17. The molecule has 0 saturated heterocycles. The first-order valence-corrected chi connectivity index (χ1v) is 4.26. The van der Waals surface area contributed by atoms with Crippen LogP contribution in [0.5, 0.6) is 0 Å². The highest BCUT2D eigenvalue weighted by Gasteiger charge is 1.95. The first-order valence-electron chi connectivity index (χ1n) is 3.38. The monoisotopic (exact) mass is 166 g/mol. The first kappa shape index (κ1) is 8.25. The molecule has 0 atom stereocenters. The van der Waals surface area contributed by atoms with Crippen molar-refractivity contribution in [2.75, 3.05) is 6.54 Å². The van der Waals surface area contributed by atoms with Gasteiger partial charge in [-0.15, -0.1) is 17.8 Å². The van der Waals surface area contributed by atoms with E-state index in [4.69, 9.17) is 6.42 Å². The Kier molecular flexibility index (Phi) is 3.09. The summed E-state index contributed by atoms with van der Waals surface area (Å²) in [7, 11) is 0. The fourth-order valence-electron chi connectivity index (χ4n) is 0.725. The third-order valence-corrected chi connectivity index (χ3v) is 2.14. The summed E-state index contributed by atoms with van der Waals surface area (Å²) >= 11 is 1.66. The van der Waals surface area contributed by atoms with Crippen LogP contribution in [0.4, 0.5) is 0 Å². The molecule has 1 heterocycles. The number of rotatable bonds is 3. The van der Waals surface area contributed by atoms with Crippen molar-refractivity contribution in [3.05, 3.63) is 16.1 Å². The summed E-state index contributed by atoms with van der Waals surface area (Å²) in [5, 5.41) is 6.21. The number of nitrogens with one attached hydrogen (secondary N) is 1. The zero-order valence-electron chi connectivity index (χ0n) is 6.42. The molecule has 1 aromatic heterocycles. The third kappa shape index (κ3) is 2.71. The van der Waals surface area contributed by atoms with E-state index in [1.54, 1.807) is 11.3 Å². The van der Waals surface area contributed by atoms with Crippen LogP contribution >= 0.6 is 11.3 Å². The second kappa shape index (κ2) is 4.12. The molecule has 1 aromatic rings. The van der Waals surface area contributed by atoms with Gasteiger partial charge >= 0.3 is 0 Å². The highest BCUT2D eigenvalue weighted by Crippen LogP contribution is 2.07. The van der Waals surface area contributed by atoms with Crippen LogP contribution in [0.25, 0.3) is 0 Å². The van der Waals surface area contributed by atoms with Gasteiger partial charge < -0.3 is 0 Å². The van der Waals surface area contributed by atoms with Gasteiger partial charge in [-0.3, -0.25) is 5.32 Å². The zero-order valence-corrected chi connectivity index (χ0v) is 7.24. The van der Waals surface area contributed by atoms with Crippen LogP contribution in [0, 0.1) is 19.3 Å². The molecule has 0 bridgehead atoms. The molecule has 58 valence electrons. The Morgan fingerprint density at radius 1 is 1.82 bits per heavy atom. The largest absolute Gasteiger partial charge is 0.300 e. The number of terminal acetylenes is 1. The molecule has 0 radical (unpaired) electrons. The molecule has 1 N–H and O–H groups in total. The van der Waals surface area contributed by atoms with Gasteiger partial charge in [0, 0.05) is 17.6 Å². The number of nitrogens with zero attached hydrogens (tertiary/aromatic N) is 1. The second-order valence-electron chi connectivity index (χ2n) is 2.19. The van der Waals surface area contributed by atoms with Crippen molar-refractivity contribution >= 4 is 11.3 Å². The minimum atomic E-state index is 0.610.